The lowest BCUT2D eigenvalue weighted by Crippen LogP contribution is -2.60. The summed E-state index contributed by atoms with van der Waals surface area (Å²) in [6, 6.07) is 12.7. The molecule has 31 heavy (non-hydrogen) atoms. The number of nitrogens with one attached hydrogen (secondary N) is 2. The Morgan fingerprint density at radius 3 is 2.52 bits per heavy atom. The second kappa shape index (κ2) is 8.79. The third-order valence-electron chi connectivity index (χ3n) is 6.92. The van der Waals surface area contributed by atoms with Crippen molar-refractivity contribution >= 4 is 28.4 Å². The van der Waals surface area contributed by atoms with Crippen molar-refractivity contribution in [2.75, 3.05) is 6.61 Å². The van der Waals surface area contributed by atoms with E-state index in [0.29, 0.717) is 17.9 Å². The molecule has 3 unspecified atom stereocenters. The summed E-state index contributed by atoms with van der Waals surface area (Å²) < 4.78 is 5.43. The highest BCUT2D eigenvalue weighted by molar-refractivity contribution is 6.02. The van der Waals surface area contributed by atoms with Gasteiger partial charge in [0.15, 0.2) is 5.78 Å². The summed E-state index contributed by atoms with van der Waals surface area (Å²) in [7, 11) is 0. The van der Waals surface area contributed by atoms with E-state index in [0.717, 1.165) is 36.5 Å². The lowest BCUT2D eigenvalue weighted by Gasteiger charge is -2.30. The van der Waals surface area contributed by atoms with E-state index in [1.54, 1.807) is 19.9 Å². The van der Waals surface area contributed by atoms with Crippen LogP contribution in [0, 0.1) is 5.92 Å². The number of rotatable bonds is 6. The highest BCUT2D eigenvalue weighted by Crippen LogP contribution is 2.29. The zero-order valence-corrected chi connectivity index (χ0v) is 18.1. The average molecular weight is 423 g/mol. The monoisotopic (exact) mass is 422 g/mol. The first-order valence-electron chi connectivity index (χ1n) is 11.1. The average Bonchev–Trinajstić information content (AvgIpc) is 3.37. The molecule has 0 radical (unpaired) electrons. The number of hydrogen-bond acceptors (Lipinski definition) is 4. The quantitative estimate of drug-likeness (QED) is 0.747. The molecule has 2 aromatic carbocycles. The molecule has 4 rings (SSSR count). The number of Topliss-reactive ketones (excluding diaryl/α,β-unsaturated/α-hetero) is 1. The zero-order chi connectivity index (χ0) is 22.0. The van der Waals surface area contributed by atoms with Crippen molar-refractivity contribution < 1.29 is 19.1 Å². The molecule has 2 fully saturated rings. The summed E-state index contributed by atoms with van der Waals surface area (Å²) in [5.74, 6) is -0.354. The highest BCUT2D eigenvalue weighted by Gasteiger charge is 2.47. The summed E-state index contributed by atoms with van der Waals surface area (Å²) in [5.41, 5.74) is -0.554. The van der Waals surface area contributed by atoms with E-state index in [1.807, 2.05) is 36.4 Å². The van der Waals surface area contributed by atoms with Crippen LogP contribution in [0.3, 0.4) is 0 Å². The minimum Gasteiger partial charge on any atom is -0.368 e. The molecule has 1 aliphatic heterocycles. The number of benzene rings is 2. The topological polar surface area (TPSA) is 84.5 Å². The maximum absolute atomic E-state index is 13.2. The molecule has 0 bridgehead atoms. The molecule has 0 aromatic heterocycles. The van der Waals surface area contributed by atoms with Crippen LogP contribution in [0.1, 0.15) is 56.3 Å². The van der Waals surface area contributed by atoms with Crippen LogP contribution in [0.4, 0.5) is 0 Å². The Morgan fingerprint density at radius 1 is 1.13 bits per heavy atom. The van der Waals surface area contributed by atoms with Crippen molar-refractivity contribution in [1.29, 1.82) is 0 Å². The summed E-state index contributed by atoms with van der Waals surface area (Å²) in [6.45, 7) is 3.47. The maximum atomic E-state index is 13.2. The number of fused-ring (bicyclic) bond motifs is 1. The van der Waals surface area contributed by atoms with Crippen LogP contribution < -0.4 is 10.6 Å². The first-order valence-corrected chi connectivity index (χ1v) is 11.1. The third-order valence-corrected chi connectivity index (χ3v) is 6.92. The summed E-state index contributed by atoms with van der Waals surface area (Å²) in [6.07, 6.45) is 4.59. The lowest BCUT2D eigenvalue weighted by molar-refractivity contribution is -0.131. The van der Waals surface area contributed by atoms with Gasteiger partial charge in [0, 0.05) is 5.56 Å². The second-order valence-corrected chi connectivity index (χ2v) is 9.04. The van der Waals surface area contributed by atoms with Crippen LogP contribution in [0.5, 0.6) is 0 Å². The van der Waals surface area contributed by atoms with Gasteiger partial charge in [0.05, 0.1) is 6.10 Å². The number of hydrogen-bond donors (Lipinski definition) is 2. The summed E-state index contributed by atoms with van der Waals surface area (Å²) in [5, 5.41) is 7.86. The molecular weight excluding hydrogens is 392 g/mol. The van der Waals surface area contributed by atoms with Crippen LogP contribution in [0.2, 0.25) is 0 Å². The van der Waals surface area contributed by atoms with Gasteiger partial charge in [0.1, 0.15) is 18.2 Å². The molecule has 1 aliphatic carbocycles. The largest absolute Gasteiger partial charge is 0.368 e. The van der Waals surface area contributed by atoms with Crippen LogP contribution >= 0.6 is 0 Å². The second-order valence-electron chi connectivity index (χ2n) is 9.04. The van der Waals surface area contributed by atoms with E-state index in [-0.39, 0.29) is 24.2 Å². The lowest BCUT2D eigenvalue weighted by atomic mass is 9.91. The molecule has 2 aromatic rings. The highest BCUT2D eigenvalue weighted by atomic mass is 16.5. The van der Waals surface area contributed by atoms with Gasteiger partial charge in [-0.1, -0.05) is 56.0 Å². The van der Waals surface area contributed by atoms with Crippen LogP contribution in [-0.4, -0.2) is 41.9 Å². The SMILES string of the molecule is CC1OCC(=O)C1(C)NC(=O)C(CC1CCCC1)NC(=O)c1ccc2ccccc2c1. The molecule has 1 heterocycles. The van der Waals surface area contributed by atoms with Gasteiger partial charge in [-0.2, -0.15) is 0 Å². The molecule has 1 saturated heterocycles. The van der Waals surface area contributed by atoms with Gasteiger partial charge in [-0.3, -0.25) is 14.4 Å². The van der Waals surface area contributed by atoms with Gasteiger partial charge in [-0.25, -0.2) is 0 Å². The first kappa shape index (κ1) is 21.5. The van der Waals surface area contributed by atoms with Gasteiger partial charge >= 0.3 is 0 Å². The van der Waals surface area contributed by atoms with Crippen LogP contribution in [0.25, 0.3) is 10.8 Å². The van der Waals surface area contributed by atoms with Crippen molar-refractivity contribution in [2.24, 2.45) is 5.92 Å². The van der Waals surface area contributed by atoms with E-state index < -0.39 is 17.7 Å². The molecule has 6 heteroatoms. The van der Waals surface area contributed by atoms with Crippen molar-refractivity contribution in [3.05, 3.63) is 48.0 Å². The van der Waals surface area contributed by atoms with Crippen LogP contribution in [0.15, 0.2) is 42.5 Å². The summed E-state index contributed by atoms with van der Waals surface area (Å²) >= 11 is 0. The number of amides is 2. The van der Waals surface area contributed by atoms with Gasteiger partial charge in [-0.05, 0) is 49.1 Å². The number of ether oxygens (including phenoxy) is 1. The Bertz CT molecular complexity index is 998. The van der Waals surface area contributed by atoms with Gasteiger partial charge in [0.25, 0.3) is 5.91 Å². The van der Waals surface area contributed by atoms with Crippen molar-refractivity contribution in [3.8, 4) is 0 Å². The predicted octanol–water partition coefficient (Wildman–Crippen LogP) is 3.38. The van der Waals surface area contributed by atoms with Crippen LogP contribution in [-0.2, 0) is 14.3 Å². The molecule has 164 valence electrons. The number of carbonyl (C=O) groups is 3. The van der Waals surface area contributed by atoms with Crippen molar-refractivity contribution in [1.82, 2.24) is 10.6 Å². The Balaban J connectivity index is 1.52. The van der Waals surface area contributed by atoms with E-state index in [2.05, 4.69) is 10.6 Å². The Hall–Kier alpha value is -2.73. The molecular formula is C25H30N2O4. The first-order chi connectivity index (χ1) is 14.9. The molecule has 2 N–H and O–H groups in total. The summed E-state index contributed by atoms with van der Waals surface area (Å²) in [4.78, 5) is 38.6. The van der Waals surface area contributed by atoms with E-state index in [1.165, 1.54) is 0 Å². The van der Waals surface area contributed by atoms with Crippen molar-refractivity contribution in [2.45, 2.75) is 63.6 Å². The minimum atomic E-state index is -1.07. The fourth-order valence-corrected chi connectivity index (χ4v) is 4.64. The Morgan fingerprint density at radius 2 is 1.84 bits per heavy atom. The van der Waals surface area contributed by atoms with Crippen molar-refractivity contribution in [3.63, 3.8) is 0 Å². The molecule has 2 aliphatic rings. The fraction of sp³-hybridized carbons (Fsp3) is 0.480. The van der Waals surface area contributed by atoms with Gasteiger partial charge in [-0.15, -0.1) is 0 Å². The Labute approximate surface area is 182 Å². The number of ketones is 1. The molecule has 3 atom stereocenters. The third kappa shape index (κ3) is 4.49. The van der Waals surface area contributed by atoms with E-state index in [9.17, 15) is 14.4 Å². The smallest absolute Gasteiger partial charge is 0.251 e. The zero-order valence-electron chi connectivity index (χ0n) is 18.1. The van der Waals surface area contributed by atoms with Gasteiger partial charge < -0.3 is 15.4 Å². The van der Waals surface area contributed by atoms with Gasteiger partial charge in [0.2, 0.25) is 5.91 Å². The Kier molecular flexibility index (Phi) is 6.10. The fourth-order valence-electron chi connectivity index (χ4n) is 4.64. The molecule has 6 nitrogen and oxygen atoms in total. The normalized spacial score (nSPS) is 25.0. The minimum absolute atomic E-state index is 0.00527. The molecule has 2 amide bonds. The molecule has 1 saturated carbocycles. The van der Waals surface area contributed by atoms with E-state index >= 15 is 0 Å². The maximum Gasteiger partial charge on any atom is 0.251 e. The van der Waals surface area contributed by atoms with E-state index in [4.69, 9.17) is 4.74 Å². The predicted molar refractivity (Wildman–Crippen MR) is 119 cm³/mol. The standard InChI is InChI=1S/C25H30N2O4/c1-16-25(2,22(28)15-31-16)27-24(30)21(13-17-7-3-4-8-17)26-23(29)20-12-11-18-9-5-6-10-19(18)14-20/h5-6,9-12,14,16-17,21H,3-4,7-8,13,15H2,1-2H3,(H,26,29)(H,27,30). The number of carbonyl (C=O) groups excluding carboxylic acids is 3. The molecule has 0 spiro atoms.